The van der Waals surface area contributed by atoms with Crippen LogP contribution in [0.3, 0.4) is 0 Å². The van der Waals surface area contributed by atoms with Gasteiger partial charge in [0, 0.05) is 66.1 Å². The molecule has 212 valence electrons. The van der Waals surface area contributed by atoms with Crippen LogP contribution in [-0.2, 0) is 0 Å². The summed E-state index contributed by atoms with van der Waals surface area (Å²) in [5, 5.41) is 5.36. The quantitative estimate of drug-likeness (QED) is 0.287. The molecule has 0 aliphatic carbocycles. The van der Waals surface area contributed by atoms with Gasteiger partial charge in [0.05, 0.1) is 16.4 Å². The number of halogens is 1. The van der Waals surface area contributed by atoms with Crippen molar-refractivity contribution in [2.45, 2.75) is 18.9 Å². The lowest BCUT2D eigenvalue weighted by molar-refractivity contribution is 0.0909. The van der Waals surface area contributed by atoms with E-state index in [1.54, 1.807) is 22.9 Å². The number of rotatable bonds is 7. The summed E-state index contributed by atoms with van der Waals surface area (Å²) in [5.41, 5.74) is 4.32. The number of carbonyl (C=O) groups is 1. The molecule has 0 radical (unpaired) electrons. The van der Waals surface area contributed by atoms with Gasteiger partial charge in [0.1, 0.15) is 0 Å². The molecular formula is C34H32ClN5O2. The number of piperidine rings is 1. The van der Waals surface area contributed by atoms with Gasteiger partial charge in [0.2, 0.25) is 0 Å². The molecule has 0 unspecified atom stereocenters. The van der Waals surface area contributed by atoms with Crippen LogP contribution < -0.4 is 10.9 Å². The predicted molar refractivity (Wildman–Crippen MR) is 168 cm³/mol. The minimum Gasteiger partial charge on any atom is -0.349 e. The number of fused-ring (bicyclic) bond motifs is 3. The van der Waals surface area contributed by atoms with Crippen molar-refractivity contribution in [2.24, 2.45) is 0 Å². The number of carbonyl (C=O) groups excluding carboxylic acids is 1. The number of aromatic nitrogens is 2. The van der Waals surface area contributed by atoms with Crippen LogP contribution in [0.25, 0.3) is 38.6 Å². The van der Waals surface area contributed by atoms with Crippen molar-refractivity contribution in [3.05, 3.63) is 106 Å². The van der Waals surface area contributed by atoms with Gasteiger partial charge in [-0.15, -0.1) is 0 Å². The average molecular weight is 578 g/mol. The van der Waals surface area contributed by atoms with Gasteiger partial charge >= 0.3 is 5.56 Å². The van der Waals surface area contributed by atoms with Crippen LogP contribution in [0.2, 0.25) is 5.02 Å². The summed E-state index contributed by atoms with van der Waals surface area (Å²) in [6, 6.07) is 26.6. The summed E-state index contributed by atoms with van der Waals surface area (Å²) >= 11 is 6.10. The van der Waals surface area contributed by atoms with E-state index in [0.29, 0.717) is 27.2 Å². The first-order valence-corrected chi connectivity index (χ1v) is 14.6. The fraction of sp³-hybridized carbons (Fsp3) is 0.265. The fourth-order valence-corrected chi connectivity index (χ4v) is 5.66. The second kappa shape index (κ2) is 11.9. The second-order valence-corrected chi connectivity index (χ2v) is 11.5. The van der Waals surface area contributed by atoms with Gasteiger partial charge in [0.15, 0.2) is 0 Å². The maximum Gasteiger partial charge on any atom is 0.307 e. The van der Waals surface area contributed by atoms with Gasteiger partial charge in [-0.25, -0.2) is 0 Å². The first-order chi connectivity index (χ1) is 20.4. The Balaban J connectivity index is 1.27. The first-order valence-electron chi connectivity index (χ1n) is 14.2. The van der Waals surface area contributed by atoms with E-state index in [1.807, 2.05) is 54.6 Å². The third kappa shape index (κ3) is 5.88. The topological polar surface area (TPSA) is 70.5 Å². The highest BCUT2D eigenvalue weighted by Gasteiger charge is 2.21. The van der Waals surface area contributed by atoms with Gasteiger partial charge in [-0.1, -0.05) is 35.9 Å². The van der Waals surface area contributed by atoms with Crippen LogP contribution in [0, 0.1) is 12.1 Å². The van der Waals surface area contributed by atoms with Crippen molar-refractivity contribution >= 4 is 39.3 Å². The third-order valence-corrected chi connectivity index (χ3v) is 8.17. The van der Waals surface area contributed by atoms with E-state index in [1.165, 1.54) is 0 Å². The SMILES string of the molecule is CN(C)CCN1CCC(NC(=O)c2ccc(-n3c(=O)c#cc4cnc5ccc(-c6ccc(Cl)cc6)cc5c43)cc2)CC1. The third-order valence-electron chi connectivity index (χ3n) is 7.92. The Labute approximate surface area is 250 Å². The van der Waals surface area contributed by atoms with E-state index in [2.05, 4.69) is 46.3 Å². The number of likely N-dealkylation sites (tertiary alicyclic amines) is 1. The maximum absolute atomic E-state index is 13.2. The zero-order chi connectivity index (χ0) is 29.2. The summed E-state index contributed by atoms with van der Waals surface area (Å²) in [5.74, 6) is -0.0966. The number of amides is 1. The molecule has 1 saturated heterocycles. The molecule has 1 aliphatic rings. The minimum absolute atomic E-state index is 0.0966. The Bertz CT molecular complexity index is 1790. The second-order valence-electron chi connectivity index (χ2n) is 11.1. The fourth-order valence-electron chi connectivity index (χ4n) is 5.53. The van der Waals surface area contributed by atoms with Gasteiger partial charge in [-0.3, -0.25) is 19.1 Å². The van der Waals surface area contributed by atoms with Gasteiger partial charge in [-0.05, 0) is 86.6 Å². The lowest BCUT2D eigenvalue weighted by atomic mass is 10.0. The van der Waals surface area contributed by atoms with Gasteiger partial charge in [-0.2, -0.15) is 0 Å². The number of nitrogens with one attached hydrogen (secondary N) is 1. The minimum atomic E-state index is -0.329. The molecule has 0 bridgehead atoms. The molecule has 0 atom stereocenters. The smallest absolute Gasteiger partial charge is 0.307 e. The molecule has 1 fully saturated rings. The van der Waals surface area contributed by atoms with Crippen molar-refractivity contribution in [1.82, 2.24) is 24.7 Å². The Morgan fingerprint density at radius 1 is 1.00 bits per heavy atom. The number of benzene rings is 3. The molecule has 5 aromatic rings. The molecule has 1 aliphatic heterocycles. The molecule has 7 nitrogen and oxygen atoms in total. The highest BCUT2D eigenvalue weighted by molar-refractivity contribution is 6.30. The Morgan fingerprint density at radius 3 is 2.43 bits per heavy atom. The number of hydrogen-bond donors (Lipinski definition) is 1. The summed E-state index contributed by atoms with van der Waals surface area (Å²) in [7, 11) is 4.17. The van der Waals surface area contributed by atoms with Crippen LogP contribution in [0.5, 0.6) is 0 Å². The number of nitrogens with zero attached hydrogens (tertiary/aromatic N) is 4. The Kier molecular flexibility index (Phi) is 7.94. The van der Waals surface area contributed by atoms with Crippen molar-refractivity contribution in [2.75, 3.05) is 40.3 Å². The van der Waals surface area contributed by atoms with Crippen LogP contribution in [-0.4, -0.2) is 71.6 Å². The molecular weight excluding hydrogens is 546 g/mol. The van der Waals surface area contributed by atoms with E-state index >= 15 is 0 Å². The normalized spacial score (nSPS) is 14.4. The maximum atomic E-state index is 13.2. The zero-order valence-corrected chi connectivity index (χ0v) is 24.5. The lowest BCUT2D eigenvalue weighted by Gasteiger charge is -2.33. The Morgan fingerprint density at radius 2 is 1.71 bits per heavy atom. The molecule has 3 aromatic carbocycles. The lowest BCUT2D eigenvalue weighted by Crippen LogP contribution is -2.46. The zero-order valence-electron chi connectivity index (χ0n) is 23.7. The molecule has 3 heterocycles. The van der Waals surface area contributed by atoms with Crippen LogP contribution in [0.15, 0.2) is 77.7 Å². The monoisotopic (exact) mass is 577 g/mol. The van der Waals surface area contributed by atoms with E-state index < -0.39 is 0 Å². The molecule has 0 spiro atoms. The highest BCUT2D eigenvalue weighted by atomic mass is 35.5. The van der Waals surface area contributed by atoms with Crippen molar-refractivity contribution < 1.29 is 4.79 Å². The van der Waals surface area contributed by atoms with E-state index in [9.17, 15) is 9.59 Å². The van der Waals surface area contributed by atoms with Crippen LogP contribution in [0.4, 0.5) is 0 Å². The summed E-state index contributed by atoms with van der Waals surface area (Å²) < 4.78 is 1.62. The molecule has 2 aromatic heterocycles. The van der Waals surface area contributed by atoms with Gasteiger partial charge < -0.3 is 15.1 Å². The first kappa shape index (κ1) is 27.9. The average Bonchev–Trinajstić information content (AvgIpc) is 3.01. The van der Waals surface area contributed by atoms with Crippen LogP contribution in [0.1, 0.15) is 23.2 Å². The van der Waals surface area contributed by atoms with E-state index in [0.717, 1.165) is 61.1 Å². The van der Waals surface area contributed by atoms with E-state index in [-0.39, 0.29) is 17.5 Å². The van der Waals surface area contributed by atoms with Crippen molar-refractivity contribution in [1.29, 1.82) is 0 Å². The number of hydrogen-bond acceptors (Lipinski definition) is 5. The molecule has 1 N–H and O–H groups in total. The molecule has 0 saturated carbocycles. The largest absolute Gasteiger partial charge is 0.349 e. The van der Waals surface area contributed by atoms with Crippen molar-refractivity contribution in [3.8, 4) is 16.8 Å². The molecule has 8 heteroatoms. The Hall–Kier alpha value is -4.22. The van der Waals surface area contributed by atoms with Crippen LogP contribution >= 0.6 is 11.6 Å². The summed E-state index contributed by atoms with van der Waals surface area (Å²) in [6.07, 6.45) is 3.59. The number of pyridine rings is 1. The van der Waals surface area contributed by atoms with E-state index in [4.69, 9.17) is 11.6 Å². The summed E-state index contributed by atoms with van der Waals surface area (Å²) in [4.78, 5) is 35.5. The van der Waals surface area contributed by atoms with Gasteiger partial charge in [0.25, 0.3) is 5.91 Å². The van der Waals surface area contributed by atoms with Crippen molar-refractivity contribution in [3.63, 3.8) is 0 Å². The molecule has 1 amide bonds. The summed E-state index contributed by atoms with van der Waals surface area (Å²) in [6.45, 7) is 4.05. The highest BCUT2D eigenvalue weighted by Crippen LogP contribution is 2.29. The molecule has 42 heavy (non-hydrogen) atoms. The predicted octanol–water partition coefficient (Wildman–Crippen LogP) is 5.22. The standard InChI is InChI=1S/C34H32ClN5O2/c1-38(2)19-20-39-17-15-28(16-18-39)37-34(42)24-5-11-29(12-6-24)40-32(41)14-8-26-22-36-31-13-7-25(21-30(31)33(26)40)23-3-9-27(35)10-4-23/h3-7,9-13,21-22,28H,15-20H2,1-2H3,(H,37,42). The molecule has 6 rings (SSSR count). The number of likely N-dealkylation sites (N-methyl/N-ethyl adjacent to an activating group) is 1.